The van der Waals surface area contributed by atoms with Crippen LogP contribution in [0.1, 0.15) is 43.4 Å². The largest absolute Gasteiger partial charge is 0.496 e. The lowest BCUT2D eigenvalue weighted by Gasteiger charge is -2.32. The van der Waals surface area contributed by atoms with E-state index in [1.54, 1.807) is 26.2 Å². The van der Waals surface area contributed by atoms with Crippen LogP contribution in [-0.4, -0.2) is 60.8 Å². The van der Waals surface area contributed by atoms with Crippen molar-refractivity contribution in [1.82, 2.24) is 9.91 Å². The second kappa shape index (κ2) is 10.8. The number of rotatable bonds is 7. The van der Waals surface area contributed by atoms with E-state index in [9.17, 15) is 14.0 Å². The van der Waals surface area contributed by atoms with Gasteiger partial charge in [0, 0.05) is 17.5 Å². The van der Waals surface area contributed by atoms with E-state index >= 15 is 0 Å². The van der Waals surface area contributed by atoms with Crippen molar-refractivity contribution in [2.45, 2.75) is 32.2 Å². The number of halogens is 1. The second-order valence-corrected chi connectivity index (χ2v) is 8.56. The van der Waals surface area contributed by atoms with Crippen LogP contribution in [-0.2, 0) is 14.3 Å². The van der Waals surface area contributed by atoms with E-state index in [4.69, 9.17) is 9.47 Å². The molecule has 0 spiro atoms. The number of hydrazone groups is 1. The number of hydrogen-bond acceptors (Lipinski definition) is 6. The lowest BCUT2D eigenvalue weighted by molar-refractivity contribution is -0.149. The molecule has 2 aromatic carbocycles. The van der Waals surface area contributed by atoms with E-state index in [1.165, 1.54) is 17.1 Å². The van der Waals surface area contributed by atoms with Crippen molar-refractivity contribution in [1.29, 1.82) is 0 Å². The first-order valence-corrected chi connectivity index (χ1v) is 11.7. The number of carbonyl (C=O) groups is 2. The molecular weight excluding hydrogens is 437 g/mol. The molecule has 0 saturated carbocycles. The number of methoxy groups -OCH3 is 1. The fourth-order valence-corrected chi connectivity index (χ4v) is 4.62. The molecule has 1 fully saturated rings. The Morgan fingerprint density at radius 3 is 2.59 bits per heavy atom. The number of benzene rings is 2. The summed E-state index contributed by atoms with van der Waals surface area (Å²) in [5, 5.41) is 6.15. The molecule has 2 heterocycles. The summed E-state index contributed by atoms with van der Waals surface area (Å²) in [6.07, 6.45) is 1.79. The van der Waals surface area contributed by atoms with Crippen molar-refractivity contribution in [3.63, 3.8) is 0 Å². The summed E-state index contributed by atoms with van der Waals surface area (Å²) in [6, 6.07) is 13.5. The van der Waals surface area contributed by atoms with E-state index in [0.717, 1.165) is 5.56 Å². The zero-order valence-corrected chi connectivity index (χ0v) is 19.6. The molecule has 2 aliphatic rings. The monoisotopic (exact) mass is 467 g/mol. The van der Waals surface area contributed by atoms with Gasteiger partial charge in [0.25, 0.3) is 5.91 Å². The fraction of sp³-hybridized carbons (Fsp3) is 0.423. The summed E-state index contributed by atoms with van der Waals surface area (Å²) in [5.74, 6) is -0.0814. The van der Waals surface area contributed by atoms with Crippen LogP contribution in [0.3, 0.4) is 0 Å². The summed E-state index contributed by atoms with van der Waals surface area (Å²) < 4.78 is 24.5. The number of ether oxygens (including phenoxy) is 2. The SMILES string of the molecule is CCOC(=O)C1CCN(CC(=O)N2N=C(c3cccc(F)c3)CC2c2ccccc2OC)CC1. The number of nitrogens with zero attached hydrogens (tertiary/aromatic N) is 3. The van der Waals surface area contributed by atoms with Crippen molar-refractivity contribution >= 4 is 17.6 Å². The lowest BCUT2D eigenvalue weighted by atomic mass is 9.96. The highest BCUT2D eigenvalue weighted by Crippen LogP contribution is 2.37. The molecule has 0 radical (unpaired) electrons. The van der Waals surface area contributed by atoms with Crippen molar-refractivity contribution in [2.24, 2.45) is 11.0 Å². The van der Waals surface area contributed by atoms with Gasteiger partial charge in [-0.1, -0.05) is 30.3 Å². The van der Waals surface area contributed by atoms with E-state index < -0.39 is 0 Å². The molecular formula is C26H30FN3O4. The molecule has 0 aliphatic carbocycles. The predicted octanol–water partition coefficient (Wildman–Crippen LogP) is 3.79. The summed E-state index contributed by atoms with van der Waals surface area (Å²) in [4.78, 5) is 27.5. The molecule has 0 N–H and O–H groups in total. The number of carbonyl (C=O) groups excluding carboxylic acids is 2. The van der Waals surface area contributed by atoms with E-state index in [0.29, 0.717) is 56.0 Å². The molecule has 2 aromatic rings. The van der Waals surface area contributed by atoms with Crippen molar-refractivity contribution < 1.29 is 23.5 Å². The van der Waals surface area contributed by atoms with Crippen molar-refractivity contribution in [2.75, 3.05) is 33.4 Å². The number of amides is 1. The van der Waals surface area contributed by atoms with E-state index in [-0.39, 0.29) is 36.2 Å². The van der Waals surface area contributed by atoms with Gasteiger partial charge in [-0.2, -0.15) is 5.10 Å². The Hall–Kier alpha value is -3.26. The molecule has 8 heteroatoms. The van der Waals surface area contributed by atoms with Crippen molar-refractivity contribution in [3.8, 4) is 5.75 Å². The highest BCUT2D eigenvalue weighted by atomic mass is 19.1. The number of piperidine rings is 1. The molecule has 0 bridgehead atoms. The fourth-order valence-electron chi connectivity index (χ4n) is 4.62. The van der Waals surface area contributed by atoms with Crippen LogP contribution in [0.4, 0.5) is 4.39 Å². The predicted molar refractivity (Wildman–Crippen MR) is 126 cm³/mol. The van der Waals surface area contributed by atoms with Gasteiger partial charge in [0.2, 0.25) is 0 Å². The smallest absolute Gasteiger partial charge is 0.309 e. The van der Waals surface area contributed by atoms with Gasteiger partial charge in [0.1, 0.15) is 11.6 Å². The maximum atomic E-state index is 13.9. The molecule has 0 aromatic heterocycles. The third kappa shape index (κ3) is 5.28. The number of para-hydroxylation sites is 1. The Labute approximate surface area is 199 Å². The number of likely N-dealkylation sites (tertiary alicyclic amines) is 1. The van der Waals surface area contributed by atoms with Crippen LogP contribution in [0, 0.1) is 11.7 Å². The van der Waals surface area contributed by atoms with Gasteiger partial charge in [-0.25, -0.2) is 9.40 Å². The molecule has 4 rings (SSSR count). The summed E-state index contributed by atoms with van der Waals surface area (Å²) in [7, 11) is 1.60. The standard InChI is InChI=1S/C26H30FN3O4/c1-3-34-26(32)18-11-13-29(14-12-18)17-25(31)30-23(21-9-4-5-10-24(21)33-2)16-22(28-30)19-7-6-8-20(27)15-19/h4-10,15,18,23H,3,11-14,16-17H2,1-2H3. The molecule has 1 unspecified atom stereocenters. The van der Waals surface area contributed by atoms with Gasteiger partial charge in [0.05, 0.1) is 37.9 Å². The van der Waals surface area contributed by atoms with Crippen LogP contribution in [0.15, 0.2) is 53.6 Å². The molecule has 1 atom stereocenters. The normalized spacial score (nSPS) is 19.1. The topological polar surface area (TPSA) is 71.4 Å². The lowest BCUT2D eigenvalue weighted by Crippen LogP contribution is -2.43. The summed E-state index contributed by atoms with van der Waals surface area (Å²) >= 11 is 0. The maximum absolute atomic E-state index is 13.9. The zero-order chi connectivity index (χ0) is 24.1. The van der Waals surface area contributed by atoms with Gasteiger partial charge >= 0.3 is 5.97 Å². The van der Waals surface area contributed by atoms with Crippen LogP contribution in [0.25, 0.3) is 0 Å². The average Bonchev–Trinajstić information content (AvgIpc) is 3.30. The minimum absolute atomic E-state index is 0.114. The first-order chi connectivity index (χ1) is 16.5. The van der Waals surface area contributed by atoms with Gasteiger partial charge in [-0.05, 0) is 51.1 Å². The molecule has 1 saturated heterocycles. The van der Waals surface area contributed by atoms with Gasteiger partial charge in [0.15, 0.2) is 0 Å². The van der Waals surface area contributed by atoms with Crippen LogP contribution in [0.5, 0.6) is 5.75 Å². The van der Waals surface area contributed by atoms with Crippen LogP contribution in [0.2, 0.25) is 0 Å². The number of hydrogen-bond donors (Lipinski definition) is 0. The molecule has 180 valence electrons. The molecule has 7 nitrogen and oxygen atoms in total. The van der Waals surface area contributed by atoms with Gasteiger partial charge < -0.3 is 9.47 Å². The average molecular weight is 468 g/mol. The summed E-state index contributed by atoms with van der Waals surface area (Å²) in [6.45, 7) is 3.66. The summed E-state index contributed by atoms with van der Waals surface area (Å²) in [5.41, 5.74) is 2.17. The highest BCUT2D eigenvalue weighted by Gasteiger charge is 2.36. The number of esters is 1. The zero-order valence-electron chi connectivity index (χ0n) is 19.6. The van der Waals surface area contributed by atoms with E-state index in [2.05, 4.69) is 5.10 Å². The Bertz CT molecular complexity index is 1070. The Balaban J connectivity index is 1.52. The van der Waals surface area contributed by atoms with Crippen LogP contribution < -0.4 is 4.74 Å². The minimum Gasteiger partial charge on any atom is -0.496 e. The Morgan fingerprint density at radius 1 is 1.12 bits per heavy atom. The molecule has 1 amide bonds. The second-order valence-electron chi connectivity index (χ2n) is 8.56. The third-order valence-electron chi connectivity index (χ3n) is 6.39. The Morgan fingerprint density at radius 2 is 1.88 bits per heavy atom. The van der Waals surface area contributed by atoms with Gasteiger partial charge in [-0.15, -0.1) is 0 Å². The van der Waals surface area contributed by atoms with Crippen molar-refractivity contribution in [3.05, 3.63) is 65.5 Å². The third-order valence-corrected chi connectivity index (χ3v) is 6.39. The first kappa shape index (κ1) is 23.9. The quantitative estimate of drug-likeness (QED) is 0.580. The van der Waals surface area contributed by atoms with Gasteiger partial charge in [-0.3, -0.25) is 14.5 Å². The van der Waals surface area contributed by atoms with Crippen LogP contribution >= 0.6 is 0 Å². The minimum atomic E-state index is -0.348. The van der Waals surface area contributed by atoms with E-state index in [1.807, 2.05) is 29.2 Å². The highest BCUT2D eigenvalue weighted by molar-refractivity contribution is 6.03. The Kier molecular flexibility index (Phi) is 7.57. The first-order valence-electron chi connectivity index (χ1n) is 11.7. The molecule has 34 heavy (non-hydrogen) atoms. The molecule has 2 aliphatic heterocycles. The maximum Gasteiger partial charge on any atom is 0.309 e.